The molecule has 7 nitrogen and oxygen atoms in total. The Bertz CT molecular complexity index is 589. The quantitative estimate of drug-likeness (QED) is 0.799. The van der Waals surface area contributed by atoms with Crippen LogP contribution >= 0.6 is 0 Å². The highest BCUT2D eigenvalue weighted by Gasteiger charge is 2.28. The first kappa shape index (κ1) is 14.3. The first-order valence-corrected chi connectivity index (χ1v) is 8.33. The van der Waals surface area contributed by atoms with Crippen LogP contribution in [0.1, 0.15) is 31.5 Å². The third kappa shape index (κ3) is 3.66. The van der Waals surface area contributed by atoms with Gasteiger partial charge in [-0.05, 0) is 18.8 Å². The van der Waals surface area contributed by atoms with Crippen molar-refractivity contribution in [3.8, 4) is 0 Å². The molecule has 108 valence electrons. The van der Waals surface area contributed by atoms with Crippen LogP contribution in [0, 0.1) is 5.92 Å². The lowest BCUT2D eigenvalue weighted by Crippen LogP contribution is -2.42. The predicted octanol–water partition coefficient (Wildman–Crippen LogP) is -0.241. The molecule has 1 saturated carbocycles. The molecule has 0 unspecified atom stereocenters. The van der Waals surface area contributed by atoms with Gasteiger partial charge in [0.1, 0.15) is 5.82 Å². The van der Waals surface area contributed by atoms with E-state index in [1.165, 1.54) is 10.8 Å². The maximum Gasteiger partial charge on any atom is 0.343 e. The Morgan fingerprint density at radius 1 is 1.42 bits per heavy atom. The topological polar surface area (TPSA) is 96.8 Å². The standard InChI is InChI=1S/C11H20N4O3S/c1-15-10(12-13-11(15)16)7-8-5-3-4-6-9(8)14-19(2,17)18/h8-9,14H,3-7H2,1-2H3,(H,13,16)/t8-,9-/m1/s1. The summed E-state index contributed by atoms with van der Waals surface area (Å²) < 4.78 is 26.9. The van der Waals surface area contributed by atoms with Crippen molar-refractivity contribution >= 4 is 10.0 Å². The van der Waals surface area contributed by atoms with Crippen LogP contribution in [-0.4, -0.2) is 35.5 Å². The van der Waals surface area contributed by atoms with Gasteiger partial charge in [0.25, 0.3) is 0 Å². The molecule has 1 heterocycles. The SMILES string of the molecule is Cn1c(C[C@H]2CCCC[C@H]2NS(C)(=O)=O)n[nH]c1=O. The molecule has 0 bridgehead atoms. The molecule has 1 aromatic heterocycles. The highest BCUT2D eigenvalue weighted by Crippen LogP contribution is 2.27. The van der Waals surface area contributed by atoms with Gasteiger partial charge < -0.3 is 0 Å². The monoisotopic (exact) mass is 288 g/mol. The molecule has 2 rings (SSSR count). The molecule has 0 amide bonds. The first-order valence-electron chi connectivity index (χ1n) is 6.44. The molecule has 2 atom stereocenters. The molecule has 0 radical (unpaired) electrons. The fourth-order valence-electron chi connectivity index (χ4n) is 2.68. The summed E-state index contributed by atoms with van der Waals surface area (Å²) in [7, 11) is -1.53. The van der Waals surface area contributed by atoms with Gasteiger partial charge in [-0.3, -0.25) is 4.57 Å². The van der Waals surface area contributed by atoms with Crippen LogP contribution in [-0.2, 0) is 23.5 Å². The number of nitrogens with one attached hydrogen (secondary N) is 2. The Hall–Kier alpha value is -1.15. The summed E-state index contributed by atoms with van der Waals surface area (Å²) >= 11 is 0. The summed E-state index contributed by atoms with van der Waals surface area (Å²) in [5, 5.41) is 6.40. The van der Waals surface area contributed by atoms with E-state index >= 15 is 0 Å². The van der Waals surface area contributed by atoms with E-state index in [0.717, 1.165) is 25.7 Å². The Kier molecular flexibility index (Phi) is 4.10. The van der Waals surface area contributed by atoms with Gasteiger partial charge in [-0.2, -0.15) is 5.10 Å². The van der Waals surface area contributed by atoms with Gasteiger partial charge in [0.2, 0.25) is 10.0 Å². The van der Waals surface area contributed by atoms with Crippen LogP contribution in [0.25, 0.3) is 0 Å². The Morgan fingerprint density at radius 2 is 2.11 bits per heavy atom. The molecular formula is C11H20N4O3S. The number of H-pyrrole nitrogens is 1. The van der Waals surface area contributed by atoms with Crippen LogP contribution in [0.5, 0.6) is 0 Å². The van der Waals surface area contributed by atoms with E-state index in [1.54, 1.807) is 7.05 Å². The lowest BCUT2D eigenvalue weighted by Gasteiger charge is -2.31. The fourth-order valence-corrected chi connectivity index (χ4v) is 3.54. The normalized spacial score (nSPS) is 24.5. The number of hydrogen-bond acceptors (Lipinski definition) is 4. The molecule has 0 saturated heterocycles. The van der Waals surface area contributed by atoms with Gasteiger partial charge in [0.15, 0.2) is 0 Å². The van der Waals surface area contributed by atoms with Gasteiger partial charge in [-0.25, -0.2) is 23.0 Å². The van der Waals surface area contributed by atoms with Crippen molar-refractivity contribution in [1.29, 1.82) is 0 Å². The molecule has 2 N–H and O–H groups in total. The van der Waals surface area contributed by atoms with Crippen LogP contribution in [0.2, 0.25) is 0 Å². The van der Waals surface area contributed by atoms with Crippen LogP contribution in [0.4, 0.5) is 0 Å². The lowest BCUT2D eigenvalue weighted by atomic mass is 9.83. The molecule has 0 spiro atoms. The van der Waals surface area contributed by atoms with Crippen molar-refractivity contribution in [1.82, 2.24) is 19.5 Å². The number of rotatable bonds is 4. The van der Waals surface area contributed by atoms with Crippen molar-refractivity contribution in [3.63, 3.8) is 0 Å². The summed E-state index contributed by atoms with van der Waals surface area (Å²) in [6, 6.07) is -0.0597. The molecular weight excluding hydrogens is 268 g/mol. The van der Waals surface area contributed by atoms with E-state index < -0.39 is 10.0 Å². The number of aromatic nitrogens is 3. The number of aromatic amines is 1. The maximum atomic E-state index is 11.4. The van der Waals surface area contributed by atoms with E-state index in [9.17, 15) is 13.2 Å². The zero-order valence-corrected chi connectivity index (χ0v) is 12.0. The van der Waals surface area contributed by atoms with E-state index in [-0.39, 0.29) is 17.6 Å². The second kappa shape index (κ2) is 5.46. The van der Waals surface area contributed by atoms with E-state index in [1.807, 2.05) is 0 Å². The summed E-state index contributed by atoms with van der Waals surface area (Å²) in [5.41, 5.74) is -0.238. The van der Waals surface area contributed by atoms with Crippen molar-refractivity contribution in [2.24, 2.45) is 13.0 Å². The zero-order valence-electron chi connectivity index (χ0n) is 11.2. The molecule has 1 aromatic rings. The summed E-state index contributed by atoms with van der Waals surface area (Å²) in [6.45, 7) is 0. The number of hydrogen-bond donors (Lipinski definition) is 2. The van der Waals surface area contributed by atoms with Crippen LogP contribution < -0.4 is 10.4 Å². The highest BCUT2D eigenvalue weighted by molar-refractivity contribution is 7.88. The molecule has 19 heavy (non-hydrogen) atoms. The van der Waals surface area contributed by atoms with Crippen molar-refractivity contribution in [3.05, 3.63) is 16.3 Å². The second-order valence-corrected chi connectivity index (χ2v) is 7.03. The second-order valence-electron chi connectivity index (χ2n) is 5.25. The van der Waals surface area contributed by atoms with E-state index in [4.69, 9.17) is 0 Å². The highest BCUT2D eigenvalue weighted by atomic mass is 32.2. The van der Waals surface area contributed by atoms with Gasteiger partial charge in [0.05, 0.1) is 6.26 Å². The smallest absolute Gasteiger partial charge is 0.282 e. The van der Waals surface area contributed by atoms with Gasteiger partial charge in [-0.15, -0.1) is 0 Å². The largest absolute Gasteiger partial charge is 0.343 e. The summed E-state index contributed by atoms with van der Waals surface area (Å²) in [4.78, 5) is 11.3. The van der Waals surface area contributed by atoms with Gasteiger partial charge in [-0.1, -0.05) is 12.8 Å². The predicted molar refractivity (Wildman–Crippen MR) is 71.3 cm³/mol. The molecule has 0 aliphatic heterocycles. The third-order valence-electron chi connectivity index (χ3n) is 3.69. The average Bonchev–Trinajstić information content (AvgIpc) is 2.62. The van der Waals surface area contributed by atoms with Crippen LogP contribution in [0.15, 0.2) is 4.79 Å². The average molecular weight is 288 g/mol. The molecule has 0 aromatic carbocycles. The van der Waals surface area contributed by atoms with Crippen molar-refractivity contribution in [2.75, 3.05) is 6.26 Å². The fraction of sp³-hybridized carbons (Fsp3) is 0.818. The number of nitrogens with zero attached hydrogens (tertiary/aromatic N) is 2. The minimum absolute atomic E-state index is 0.0597. The van der Waals surface area contributed by atoms with Gasteiger partial charge >= 0.3 is 5.69 Å². The van der Waals surface area contributed by atoms with E-state index in [0.29, 0.717) is 12.2 Å². The minimum atomic E-state index is -3.20. The number of sulfonamides is 1. The van der Waals surface area contributed by atoms with Gasteiger partial charge in [0, 0.05) is 19.5 Å². The van der Waals surface area contributed by atoms with E-state index in [2.05, 4.69) is 14.9 Å². The molecule has 1 fully saturated rings. The Morgan fingerprint density at radius 3 is 2.68 bits per heavy atom. The first-order chi connectivity index (χ1) is 8.87. The minimum Gasteiger partial charge on any atom is -0.282 e. The molecule has 1 aliphatic rings. The summed E-state index contributed by atoms with van der Waals surface area (Å²) in [5.74, 6) is 0.870. The Balaban J connectivity index is 2.12. The molecule has 1 aliphatic carbocycles. The lowest BCUT2D eigenvalue weighted by molar-refractivity contribution is 0.282. The maximum absolute atomic E-state index is 11.4. The van der Waals surface area contributed by atoms with Crippen molar-refractivity contribution < 1.29 is 8.42 Å². The summed E-state index contributed by atoms with van der Waals surface area (Å²) in [6.07, 6.45) is 5.71. The molecule has 8 heteroatoms. The third-order valence-corrected chi connectivity index (χ3v) is 4.42. The Labute approximate surface area is 112 Å². The van der Waals surface area contributed by atoms with Crippen molar-refractivity contribution in [2.45, 2.75) is 38.1 Å². The van der Waals surface area contributed by atoms with Crippen LogP contribution in [0.3, 0.4) is 0 Å². The zero-order chi connectivity index (χ0) is 14.0.